The molecule has 2 saturated heterocycles. The zero-order valence-electron chi connectivity index (χ0n) is 18.4. The van der Waals surface area contributed by atoms with Crippen molar-refractivity contribution >= 4 is 21.8 Å². The van der Waals surface area contributed by atoms with Gasteiger partial charge in [0, 0.05) is 62.9 Å². The Morgan fingerprint density at radius 3 is 2.33 bits per heavy atom. The van der Waals surface area contributed by atoms with Gasteiger partial charge in [-0.3, -0.25) is 9.69 Å². The summed E-state index contributed by atoms with van der Waals surface area (Å²) in [5.41, 5.74) is 1.33. The molecule has 1 amide bonds. The molecule has 0 aromatic heterocycles. The zero-order chi connectivity index (χ0) is 23.0. The van der Waals surface area contributed by atoms with E-state index in [1.54, 1.807) is 30.3 Å². The van der Waals surface area contributed by atoms with Gasteiger partial charge >= 0.3 is 0 Å². The van der Waals surface area contributed by atoms with Crippen molar-refractivity contribution in [1.82, 2.24) is 14.7 Å². The van der Waals surface area contributed by atoms with Gasteiger partial charge in [0.05, 0.1) is 0 Å². The molecule has 3 heterocycles. The third-order valence-corrected chi connectivity index (χ3v) is 8.12. The van der Waals surface area contributed by atoms with Crippen LogP contribution >= 0.6 is 0 Å². The van der Waals surface area contributed by atoms with Crippen LogP contribution in [-0.2, 0) is 21.4 Å². The average molecular weight is 471 g/mol. The highest BCUT2D eigenvalue weighted by molar-refractivity contribution is 7.90. The SMILES string of the molecule is O=C(C1CCN(C2=NS(=O)(=O)c3ccccc32)CC1)N1CCN(Cc2ccccc2F)CC1. The molecule has 2 fully saturated rings. The number of benzene rings is 2. The second-order valence-corrected chi connectivity index (χ2v) is 10.4. The van der Waals surface area contributed by atoms with Crippen LogP contribution in [0, 0.1) is 11.7 Å². The number of carbonyl (C=O) groups is 1. The number of halogens is 1. The van der Waals surface area contributed by atoms with Gasteiger partial charge in [-0.2, -0.15) is 8.42 Å². The predicted molar refractivity (Wildman–Crippen MR) is 123 cm³/mol. The van der Waals surface area contributed by atoms with Gasteiger partial charge in [-0.15, -0.1) is 4.40 Å². The highest BCUT2D eigenvalue weighted by atomic mass is 32.2. The minimum absolute atomic E-state index is 0.0618. The fourth-order valence-corrected chi connectivity index (χ4v) is 6.13. The van der Waals surface area contributed by atoms with Crippen molar-refractivity contribution < 1.29 is 17.6 Å². The van der Waals surface area contributed by atoms with Gasteiger partial charge in [0.15, 0.2) is 5.84 Å². The number of nitrogens with zero attached hydrogens (tertiary/aromatic N) is 4. The van der Waals surface area contributed by atoms with Crippen LogP contribution in [-0.4, -0.2) is 74.1 Å². The number of rotatable bonds is 3. The molecule has 3 aliphatic heterocycles. The van der Waals surface area contributed by atoms with Crippen LogP contribution in [0.15, 0.2) is 57.8 Å². The predicted octanol–water partition coefficient (Wildman–Crippen LogP) is 2.33. The molecule has 0 bridgehead atoms. The summed E-state index contributed by atoms with van der Waals surface area (Å²) in [6.45, 7) is 4.50. The van der Waals surface area contributed by atoms with E-state index in [0.29, 0.717) is 62.5 Å². The van der Waals surface area contributed by atoms with Gasteiger partial charge in [-0.1, -0.05) is 30.3 Å². The molecule has 0 saturated carbocycles. The standard InChI is InChI=1S/C24H27FN4O3S/c25-21-7-3-1-5-19(21)17-27-13-15-29(16-14-27)24(30)18-9-11-28(12-10-18)23-20-6-2-4-8-22(20)33(31,32)26-23/h1-8,18H,9-17H2. The summed E-state index contributed by atoms with van der Waals surface area (Å²) >= 11 is 0. The van der Waals surface area contributed by atoms with Crippen LogP contribution in [0.4, 0.5) is 4.39 Å². The summed E-state index contributed by atoms with van der Waals surface area (Å²) in [5.74, 6) is 0.415. The van der Waals surface area contributed by atoms with E-state index >= 15 is 0 Å². The number of sulfonamides is 1. The molecule has 2 aromatic rings. The largest absolute Gasteiger partial charge is 0.355 e. The van der Waals surface area contributed by atoms with Crippen molar-refractivity contribution in [2.75, 3.05) is 39.3 Å². The Hall–Kier alpha value is -2.78. The van der Waals surface area contributed by atoms with E-state index in [1.807, 2.05) is 21.9 Å². The summed E-state index contributed by atoms with van der Waals surface area (Å²) in [7, 11) is -3.64. The molecule has 0 unspecified atom stereocenters. The number of amidine groups is 1. The number of amides is 1. The molecule has 174 valence electrons. The van der Waals surface area contributed by atoms with E-state index in [9.17, 15) is 17.6 Å². The molecule has 2 aromatic carbocycles. The molecule has 33 heavy (non-hydrogen) atoms. The van der Waals surface area contributed by atoms with Crippen LogP contribution in [0.25, 0.3) is 0 Å². The molecule has 0 spiro atoms. The summed E-state index contributed by atoms with van der Waals surface area (Å²) in [6, 6.07) is 13.7. The second-order valence-electron chi connectivity index (χ2n) is 8.84. The Morgan fingerprint density at radius 2 is 1.61 bits per heavy atom. The van der Waals surface area contributed by atoms with Crippen molar-refractivity contribution in [3.8, 4) is 0 Å². The smallest absolute Gasteiger partial charge is 0.285 e. The average Bonchev–Trinajstić information content (AvgIpc) is 3.12. The topological polar surface area (TPSA) is 73.3 Å². The maximum Gasteiger partial charge on any atom is 0.285 e. The van der Waals surface area contributed by atoms with Gasteiger partial charge < -0.3 is 9.80 Å². The Kier molecular flexibility index (Phi) is 5.92. The maximum atomic E-state index is 13.9. The van der Waals surface area contributed by atoms with Crippen molar-refractivity contribution in [3.05, 3.63) is 65.5 Å². The molecule has 5 rings (SSSR count). The number of piperazine rings is 1. The first kappa shape index (κ1) is 22.0. The van der Waals surface area contributed by atoms with E-state index in [4.69, 9.17) is 0 Å². The lowest BCUT2D eigenvalue weighted by atomic mass is 9.94. The van der Waals surface area contributed by atoms with Crippen LogP contribution in [0.5, 0.6) is 0 Å². The second kappa shape index (κ2) is 8.87. The van der Waals surface area contributed by atoms with Crippen molar-refractivity contribution in [1.29, 1.82) is 0 Å². The molecule has 0 N–H and O–H groups in total. The monoisotopic (exact) mass is 470 g/mol. The van der Waals surface area contributed by atoms with Crippen molar-refractivity contribution in [2.24, 2.45) is 10.3 Å². The highest BCUT2D eigenvalue weighted by Gasteiger charge is 2.35. The number of likely N-dealkylation sites (tertiary alicyclic amines) is 1. The number of fused-ring (bicyclic) bond motifs is 1. The van der Waals surface area contributed by atoms with Crippen molar-refractivity contribution in [2.45, 2.75) is 24.3 Å². The summed E-state index contributed by atoms with van der Waals surface area (Å²) in [5, 5.41) is 0. The number of carbonyl (C=O) groups excluding carboxylic acids is 1. The molecular weight excluding hydrogens is 443 g/mol. The Balaban J connectivity index is 1.15. The lowest BCUT2D eigenvalue weighted by Gasteiger charge is -2.39. The Morgan fingerprint density at radius 1 is 0.939 bits per heavy atom. The van der Waals surface area contributed by atoms with Gasteiger partial charge in [-0.05, 0) is 31.0 Å². The maximum absolute atomic E-state index is 13.9. The van der Waals surface area contributed by atoms with Gasteiger partial charge in [0.2, 0.25) is 5.91 Å². The number of hydrogen-bond donors (Lipinski definition) is 0. The summed E-state index contributed by atoms with van der Waals surface area (Å²) in [4.78, 5) is 19.4. The molecule has 9 heteroatoms. The van der Waals surface area contributed by atoms with E-state index in [1.165, 1.54) is 6.07 Å². The lowest BCUT2D eigenvalue weighted by molar-refractivity contribution is -0.138. The molecule has 3 aliphatic rings. The zero-order valence-corrected chi connectivity index (χ0v) is 19.2. The fourth-order valence-electron chi connectivity index (χ4n) is 4.91. The normalized spacial score (nSPS) is 21.1. The number of hydrogen-bond acceptors (Lipinski definition) is 5. The van der Waals surface area contributed by atoms with E-state index in [2.05, 4.69) is 9.30 Å². The third-order valence-electron chi connectivity index (χ3n) is 6.79. The third kappa shape index (κ3) is 4.39. The minimum atomic E-state index is -3.64. The molecule has 7 nitrogen and oxygen atoms in total. The number of piperidine rings is 1. The first-order chi connectivity index (χ1) is 15.9. The Labute approximate surface area is 193 Å². The molecule has 0 atom stereocenters. The quantitative estimate of drug-likeness (QED) is 0.689. The molecular formula is C24H27FN4O3S. The molecule has 0 aliphatic carbocycles. The van der Waals surface area contributed by atoms with E-state index in [-0.39, 0.29) is 22.5 Å². The van der Waals surface area contributed by atoms with Crippen LogP contribution < -0.4 is 0 Å². The first-order valence-electron chi connectivity index (χ1n) is 11.4. The minimum Gasteiger partial charge on any atom is -0.355 e. The van der Waals surface area contributed by atoms with Crippen LogP contribution in [0.3, 0.4) is 0 Å². The van der Waals surface area contributed by atoms with Gasteiger partial charge in [0.1, 0.15) is 10.7 Å². The molecule has 0 radical (unpaired) electrons. The van der Waals surface area contributed by atoms with Crippen molar-refractivity contribution in [3.63, 3.8) is 0 Å². The first-order valence-corrected chi connectivity index (χ1v) is 12.8. The van der Waals surface area contributed by atoms with E-state index in [0.717, 1.165) is 13.1 Å². The van der Waals surface area contributed by atoms with Gasteiger partial charge in [0.25, 0.3) is 10.0 Å². The van der Waals surface area contributed by atoms with Gasteiger partial charge in [-0.25, -0.2) is 4.39 Å². The summed E-state index contributed by atoms with van der Waals surface area (Å²) in [6.07, 6.45) is 1.35. The van der Waals surface area contributed by atoms with Crippen LogP contribution in [0.1, 0.15) is 24.0 Å². The fraction of sp³-hybridized carbons (Fsp3) is 0.417. The lowest BCUT2D eigenvalue weighted by Crippen LogP contribution is -2.51. The van der Waals surface area contributed by atoms with E-state index < -0.39 is 10.0 Å². The Bertz CT molecular complexity index is 1180. The summed E-state index contributed by atoms with van der Waals surface area (Å²) < 4.78 is 42.6. The van der Waals surface area contributed by atoms with Crippen LogP contribution in [0.2, 0.25) is 0 Å². The highest BCUT2D eigenvalue weighted by Crippen LogP contribution is 2.30.